The normalized spacial score (nSPS) is 13.5. The van der Waals surface area contributed by atoms with E-state index in [1.54, 1.807) is 6.92 Å². The molecule has 0 radical (unpaired) electrons. The van der Waals surface area contributed by atoms with Crippen LogP contribution in [0.3, 0.4) is 0 Å². The fourth-order valence-electron chi connectivity index (χ4n) is 1.83. The number of hydrogen-bond donors (Lipinski definition) is 1. The first-order valence-electron chi connectivity index (χ1n) is 6.19. The van der Waals surface area contributed by atoms with E-state index in [-0.39, 0.29) is 16.5 Å². The third kappa shape index (κ3) is 3.33. The molecule has 106 valence electrons. The Bertz CT molecular complexity index is 536. The number of carboxylic acids is 1. The van der Waals surface area contributed by atoms with Gasteiger partial charge in [-0.2, -0.15) is 4.31 Å². The quantitative estimate of drug-likeness (QED) is 0.869. The van der Waals surface area contributed by atoms with E-state index in [1.807, 2.05) is 13.8 Å². The van der Waals surface area contributed by atoms with E-state index in [0.29, 0.717) is 6.54 Å². The zero-order chi connectivity index (χ0) is 14.6. The summed E-state index contributed by atoms with van der Waals surface area (Å²) in [6, 6.07) is 5.20. The molecule has 0 aromatic heterocycles. The first-order valence-corrected chi connectivity index (χ1v) is 7.63. The van der Waals surface area contributed by atoms with Crippen LogP contribution < -0.4 is 0 Å². The van der Waals surface area contributed by atoms with Crippen LogP contribution in [0.4, 0.5) is 0 Å². The summed E-state index contributed by atoms with van der Waals surface area (Å²) in [5.41, 5.74) is 0.0746. The lowest BCUT2D eigenvalue weighted by atomic mass is 10.2. The minimum absolute atomic E-state index is 0.0746. The van der Waals surface area contributed by atoms with Gasteiger partial charge in [-0.05, 0) is 37.6 Å². The molecule has 0 heterocycles. The first kappa shape index (κ1) is 15.7. The molecular weight excluding hydrogens is 266 g/mol. The number of nitrogens with zero attached hydrogens (tertiary/aromatic N) is 1. The largest absolute Gasteiger partial charge is 0.478 e. The van der Waals surface area contributed by atoms with Crippen molar-refractivity contribution in [1.82, 2.24) is 4.31 Å². The predicted molar refractivity (Wildman–Crippen MR) is 72.7 cm³/mol. The van der Waals surface area contributed by atoms with Crippen LogP contribution in [0.2, 0.25) is 0 Å². The van der Waals surface area contributed by atoms with Gasteiger partial charge in [-0.15, -0.1) is 0 Å². The van der Waals surface area contributed by atoms with Crippen LogP contribution in [0.25, 0.3) is 0 Å². The third-order valence-electron chi connectivity index (χ3n) is 3.10. The van der Waals surface area contributed by atoms with Crippen LogP contribution in [0.5, 0.6) is 0 Å². The van der Waals surface area contributed by atoms with Crippen LogP contribution >= 0.6 is 0 Å². The fourth-order valence-corrected chi connectivity index (χ4v) is 3.54. The maximum atomic E-state index is 12.4. The molecule has 0 aliphatic rings. The molecule has 0 saturated carbocycles. The summed E-state index contributed by atoms with van der Waals surface area (Å²) in [7, 11) is -3.56. The highest BCUT2D eigenvalue weighted by Gasteiger charge is 2.26. The number of carboxylic acid groups (broad SMARTS) is 1. The first-order chi connectivity index (χ1) is 8.84. The fraction of sp³-hybridized carbons (Fsp3) is 0.462. The molecule has 0 bridgehead atoms. The Kier molecular flexibility index (Phi) is 5.08. The number of rotatable bonds is 6. The summed E-state index contributed by atoms with van der Waals surface area (Å²) in [6.07, 6.45) is 0.722. The highest BCUT2D eigenvalue weighted by atomic mass is 32.2. The van der Waals surface area contributed by atoms with Crippen molar-refractivity contribution in [2.45, 2.75) is 38.1 Å². The van der Waals surface area contributed by atoms with Crippen molar-refractivity contribution < 1.29 is 18.3 Å². The van der Waals surface area contributed by atoms with Crippen LogP contribution in [0, 0.1) is 0 Å². The monoisotopic (exact) mass is 285 g/mol. The van der Waals surface area contributed by atoms with Gasteiger partial charge in [0.1, 0.15) is 0 Å². The predicted octanol–water partition coefficient (Wildman–Crippen LogP) is 2.19. The van der Waals surface area contributed by atoms with Crippen LogP contribution in [0.15, 0.2) is 29.2 Å². The second kappa shape index (κ2) is 6.16. The topological polar surface area (TPSA) is 74.7 Å². The van der Waals surface area contributed by atoms with E-state index in [1.165, 1.54) is 28.6 Å². The Labute approximate surface area is 113 Å². The van der Waals surface area contributed by atoms with E-state index >= 15 is 0 Å². The van der Waals surface area contributed by atoms with Crippen molar-refractivity contribution in [1.29, 1.82) is 0 Å². The summed E-state index contributed by atoms with van der Waals surface area (Å²) in [5.74, 6) is -1.07. The van der Waals surface area contributed by atoms with E-state index in [2.05, 4.69) is 0 Å². The van der Waals surface area contributed by atoms with Crippen LogP contribution in [-0.2, 0) is 10.0 Å². The van der Waals surface area contributed by atoms with Crippen molar-refractivity contribution in [3.8, 4) is 0 Å². The van der Waals surface area contributed by atoms with Gasteiger partial charge >= 0.3 is 5.97 Å². The van der Waals surface area contributed by atoms with E-state index in [0.717, 1.165) is 6.42 Å². The molecule has 0 spiro atoms. The Morgan fingerprint density at radius 2 is 1.79 bits per heavy atom. The molecule has 0 fully saturated rings. The van der Waals surface area contributed by atoms with Gasteiger partial charge in [-0.1, -0.05) is 13.8 Å². The van der Waals surface area contributed by atoms with Crippen molar-refractivity contribution in [3.63, 3.8) is 0 Å². The number of aromatic carboxylic acids is 1. The van der Waals surface area contributed by atoms with Gasteiger partial charge in [0.05, 0.1) is 10.5 Å². The molecule has 19 heavy (non-hydrogen) atoms. The van der Waals surface area contributed by atoms with Crippen LogP contribution in [0.1, 0.15) is 37.6 Å². The summed E-state index contributed by atoms with van der Waals surface area (Å²) in [5, 5.41) is 8.80. The van der Waals surface area contributed by atoms with Crippen molar-refractivity contribution in [3.05, 3.63) is 29.8 Å². The molecule has 0 aliphatic heterocycles. The van der Waals surface area contributed by atoms with Gasteiger partial charge < -0.3 is 5.11 Å². The molecule has 1 rings (SSSR count). The standard InChI is InChI=1S/C13H19NO4S/c1-4-10(3)14(5-2)19(17,18)12-8-6-11(7-9-12)13(15)16/h6-10H,4-5H2,1-3H3,(H,15,16). The number of hydrogen-bond acceptors (Lipinski definition) is 3. The van der Waals surface area contributed by atoms with Gasteiger partial charge in [-0.25, -0.2) is 13.2 Å². The van der Waals surface area contributed by atoms with Crippen molar-refractivity contribution in [2.75, 3.05) is 6.54 Å². The minimum Gasteiger partial charge on any atom is -0.478 e. The second-order valence-corrected chi connectivity index (χ2v) is 6.19. The SMILES string of the molecule is CCC(C)N(CC)S(=O)(=O)c1ccc(C(=O)O)cc1. The average Bonchev–Trinajstić information content (AvgIpc) is 2.39. The lowest BCUT2D eigenvalue weighted by Gasteiger charge is -2.26. The molecule has 1 unspecified atom stereocenters. The van der Waals surface area contributed by atoms with E-state index in [4.69, 9.17) is 5.11 Å². The number of sulfonamides is 1. The van der Waals surface area contributed by atoms with Gasteiger partial charge in [0.15, 0.2) is 0 Å². The Balaban J connectivity index is 3.15. The molecular formula is C13H19NO4S. The molecule has 6 heteroatoms. The minimum atomic E-state index is -3.56. The van der Waals surface area contributed by atoms with E-state index < -0.39 is 16.0 Å². The molecule has 5 nitrogen and oxygen atoms in total. The van der Waals surface area contributed by atoms with Crippen molar-refractivity contribution in [2.24, 2.45) is 0 Å². The lowest BCUT2D eigenvalue weighted by Crippen LogP contribution is -2.38. The summed E-state index contributed by atoms with van der Waals surface area (Å²) < 4.78 is 26.3. The lowest BCUT2D eigenvalue weighted by molar-refractivity contribution is 0.0696. The van der Waals surface area contributed by atoms with Gasteiger partial charge in [0, 0.05) is 12.6 Å². The van der Waals surface area contributed by atoms with E-state index in [9.17, 15) is 13.2 Å². The molecule has 1 atom stereocenters. The summed E-state index contributed by atoms with van der Waals surface area (Å²) in [4.78, 5) is 10.9. The Hall–Kier alpha value is -1.40. The maximum absolute atomic E-state index is 12.4. The van der Waals surface area contributed by atoms with Crippen molar-refractivity contribution >= 4 is 16.0 Å². The maximum Gasteiger partial charge on any atom is 0.335 e. The third-order valence-corrected chi connectivity index (χ3v) is 5.21. The molecule has 0 aliphatic carbocycles. The molecule has 0 saturated heterocycles. The average molecular weight is 285 g/mol. The summed E-state index contributed by atoms with van der Waals surface area (Å²) >= 11 is 0. The Morgan fingerprint density at radius 1 is 1.26 bits per heavy atom. The number of benzene rings is 1. The highest BCUT2D eigenvalue weighted by molar-refractivity contribution is 7.89. The van der Waals surface area contributed by atoms with Gasteiger partial charge in [0.2, 0.25) is 10.0 Å². The molecule has 1 N–H and O–H groups in total. The van der Waals surface area contributed by atoms with Gasteiger partial charge in [0.25, 0.3) is 0 Å². The second-order valence-electron chi connectivity index (χ2n) is 4.30. The zero-order valence-corrected chi connectivity index (χ0v) is 12.1. The number of carbonyl (C=O) groups is 1. The Morgan fingerprint density at radius 3 is 2.16 bits per heavy atom. The summed E-state index contributed by atoms with van der Waals surface area (Å²) in [6.45, 7) is 5.95. The molecule has 1 aromatic carbocycles. The molecule has 1 aromatic rings. The van der Waals surface area contributed by atoms with Crippen LogP contribution in [-0.4, -0.2) is 36.4 Å². The zero-order valence-electron chi connectivity index (χ0n) is 11.3. The highest BCUT2D eigenvalue weighted by Crippen LogP contribution is 2.19. The van der Waals surface area contributed by atoms with Gasteiger partial charge in [-0.3, -0.25) is 0 Å². The molecule has 0 amide bonds. The smallest absolute Gasteiger partial charge is 0.335 e.